The standard InChI is InChI=1S/C31H41N5O8/c1-6-9-36-10-7-8-18(36)30(43)33-17-13-19(34(2)3)15-11-14-12-16-23(35(4)5)26(39)22(29(32)42)28(41)31(16,44)27(40)20(14)25(38)21(15)24(17)37/h13-14,16,18,20,22-23,37,44H,6-12H2,1-5H3,(H2,32,42)(H,33,43)/t14-,16-,18-,20?,22?,23-,31-/m0/s1. The summed E-state index contributed by atoms with van der Waals surface area (Å²) in [5, 5.41) is 26.0. The quantitative estimate of drug-likeness (QED) is 0.235. The molecule has 1 aliphatic heterocycles. The van der Waals surface area contributed by atoms with Crippen LogP contribution in [-0.4, -0.2) is 114 Å². The van der Waals surface area contributed by atoms with Crippen LogP contribution in [0, 0.1) is 23.7 Å². The molecule has 1 saturated heterocycles. The summed E-state index contributed by atoms with van der Waals surface area (Å²) >= 11 is 0. The Bertz CT molecular complexity index is 1460. The van der Waals surface area contributed by atoms with Gasteiger partial charge in [-0.3, -0.25) is 38.6 Å². The molecule has 2 amide bonds. The van der Waals surface area contributed by atoms with E-state index in [1.165, 1.54) is 4.90 Å². The third-order valence-corrected chi connectivity index (χ3v) is 9.95. The number of nitrogens with one attached hydrogen (secondary N) is 1. The van der Waals surface area contributed by atoms with Gasteiger partial charge in [-0.15, -0.1) is 0 Å². The molecule has 1 heterocycles. The number of ketones is 4. The van der Waals surface area contributed by atoms with E-state index in [1.54, 1.807) is 39.2 Å². The molecule has 13 nitrogen and oxygen atoms in total. The zero-order chi connectivity index (χ0) is 32.4. The van der Waals surface area contributed by atoms with E-state index in [0.717, 1.165) is 25.9 Å². The van der Waals surface area contributed by atoms with Gasteiger partial charge in [-0.2, -0.15) is 0 Å². The average molecular weight is 612 g/mol. The number of amides is 2. The highest BCUT2D eigenvalue weighted by Crippen LogP contribution is 2.52. The maximum absolute atomic E-state index is 14.2. The van der Waals surface area contributed by atoms with Crippen molar-refractivity contribution in [1.82, 2.24) is 9.80 Å². The fraction of sp³-hybridized carbons (Fsp3) is 0.613. The molecular weight excluding hydrogens is 570 g/mol. The van der Waals surface area contributed by atoms with Crippen LogP contribution in [0.3, 0.4) is 0 Å². The number of aromatic hydroxyl groups is 1. The molecule has 2 unspecified atom stereocenters. The number of anilines is 2. The lowest BCUT2D eigenvalue weighted by Gasteiger charge is -2.52. The van der Waals surface area contributed by atoms with Crippen LogP contribution in [0.5, 0.6) is 5.75 Å². The number of likely N-dealkylation sites (tertiary alicyclic amines) is 1. The van der Waals surface area contributed by atoms with Crippen LogP contribution in [0.2, 0.25) is 0 Å². The van der Waals surface area contributed by atoms with E-state index in [1.807, 2.05) is 6.92 Å². The number of phenols is 1. The van der Waals surface area contributed by atoms with Gasteiger partial charge < -0.3 is 26.2 Å². The van der Waals surface area contributed by atoms with Gasteiger partial charge in [0.15, 0.2) is 34.7 Å². The number of phenolic OH excluding ortho intramolecular Hbond substituents is 1. The summed E-state index contributed by atoms with van der Waals surface area (Å²) in [5.74, 6) is -11.5. The van der Waals surface area contributed by atoms with Gasteiger partial charge >= 0.3 is 0 Å². The number of carbonyl (C=O) groups excluding carboxylic acids is 6. The Labute approximate surface area is 255 Å². The predicted molar refractivity (Wildman–Crippen MR) is 159 cm³/mol. The van der Waals surface area contributed by atoms with Crippen LogP contribution in [0.15, 0.2) is 6.07 Å². The van der Waals surface area contributed by atoms with E-state index in [0.29, 0.717) is 17.7 Å². The molecule has 3 aliphatic carbocycles. The molecule has 4 aliphatic rings. The monoisotopic (exact) mass is 611 g/mol. The Kier molecular flexibility index (Phi) is 8.19. The Morgan fingerprint density at radius 2 is 1.82 bits per heavy atom. The van der Waals surface area contributed by atoms with Crippen LogP contribution >= 0.6 is 0 Å². The predicted octanol–water partition coefficient (Wildman–Crippen LogP) is -0.254. The number of primary amides is 1. The van der Waals surface area contributed by atoms with Crippen LogP contribution in [-0.2, 0) is 30.4 Å². The number of benzene rings is 1. The van der Waals surface area contributed by atoms with Crippen LogP contribution < -0.4 is 16.0 Å². The van der Waals surface area contributed by atoms with Crippen LogP contribution in [0.25, 0.3) is 0 Å². The van der Waals surface area contributed by atoms with E-state index < -0.39 is 70.1 Å². The fourth-order valence-corrected chi connectivity index (χ4v) is 8.04. The van der Waals surface area contributed by atoms with Gasteiger partial charge in [0.1, 0.15) is 5.75 Å². The Balaban J connectivity index is 1.58. The van der Waals surface area contributed by atoms with Crippen LogP contribution in [0.1, 0.15) is 48.5 Å². The Hall–Kier alpha value is -3.68. The third-order valence-electron chi connectivity index (χ3n) is 9.95. The van der Waals surface area contributed by atoms with E-state index in [2.05, 4.69) is 10.2 Å². The number of hydrogen-bond acceptors (Lipinski definition) is 11. The molecule has 0 aromatic heterocycles. The number of likely N-dealkylation sites (N-methyl/N-ethyl adjacent to an activating group) is 1. The molecule has 238 valence electrons. The fourth-order valence-electron chi connectivity index (χ4n) is 8.04. The summed E-state index contributed by atoms with van der Waals surface area (Å²) in [6, 6.07) is 0.0501. The van der Waals surface area contributed by atoms with Crippen molar-refractivity contribution < 1.29 is 39.0 Å². The minimum Gasteiger partial charge on any atom is -0.505 e. The average Bonchev–Trinajstić information content (AvgIpc) is 3.40. The summed E-state index contributed by atoms with van der Waals surface area (Å²) in [6.07, 6.45) is 2.49. The minimum atomic E-state index is -2.80. The number of rotatable bonds is 7. The van der Waals surface area contributed by atoms with Crippen molar-refractivity contribution in [2.45, 2.75) is 56.7 Å². The topological polar surface area (TPSA) is 191 Å². The first-order chi connectivity index (χ1) is 20.7. The lowest BCUT2D eigenvalue weighted by atomic mass is 9.52. The van der Waals surface area contributed by atoms with Gasteiger partial charge in [0, 0.05) is 25.7 Å². The number of fused-ring (bicyclic) bond motifs is 3. The molecule has 0 radical (unpaired) electrons. The molecular formula is C31H41N5O8. The highest BCUT2D eigenvalue weighted by Gasteiger charge is 2.69. The number of nitrogens with zero attached hydrogens (tertiary/aromatic N) is 3. The van der Waals surface area contributed by atoms with Crippen molar-refractivity contribution in [3.05, 3.63) is 17.2 Å². The van der Waals surface area contributed by atoms with Gasteiger partial charge in [-0.05, 0) is 76.8 Å². The summed E-state index contributed by atoms with van der Waals surface area (Å²) in [7, 11) is 6.59. The van der Waals surface area contributed by atoms with E-state index in [-0.39, 0.29) is 36.0 Å². The molecule has 7 atom stereocenters. The van der Waals surface area contributed by atoms with E-state index in [9.17, 15) is 39.0 Å². The second-order valence-corrected chi connectivity index (χ2v) is 13.0. The summed E-state index contributed by atoms with van der Waals surface area (Å²) in [5.41, 5.74) is 3.47. The maximum Gasteiger partial charge on any atom is 0.241 e. The maximum atomic E-state index is 14.2. The molecule has 2 saturated carbocycles. The first-order valence-corrected chi connectivity index (χ1v) is 15.1. The molecule has 44 heavy (non-hydrogen) atoms. The van der Waals surface area contributed by atoms with Gasteiger partial charge in [0.2, 0.25) is 11.8 Å². The normalized spacial score (nSPS) is 31.9. The number of hydrogen-bond donors (Lipinski definition) is 4. The summed E-state index contributed by atoms with van der Waals surface area (Å²) in [4.78, 5) is 85.9. The first-order valence-electron chi connectivity index (χ1n) is 15.1. The highest BCUT2D eigenvalue weighted by molar-refractivity contribution is 6.32. The van der Waals surface area contributed by atoms with Crippen molar-refractivity contribution in [3.8, 4) is 5.75 Å². The molecule has 13 heteroatoms. The van der Waals surface area contributed by atoms with E-state index >= 15 is 0 Å². The van der Waals surface area contributed by atoms with Gasteiger partial charge in [-0.25, -0.2) is 0 Å². The Morgan fingerprint density at radius 3 is 2.41 bits per heavy atom. The van der Waals surface area contributed by atoms with Crippen molar-refractivity contribution in [3.63, 3.8) is 0 Å². The highest BCUT2D eigenvalue weighted by atomic mass is 16.3. The van der Waals surface area contributed by atoms with Gasteiger partial charge in [0.25, 0.3) is 0 Å². The second kappa shape index (κ2) is 11.4. The first kappa shape index (κ1) is 31.7. The van der Waals surface area contributed by atoms with Crippen molar-refractivity contribution in [2.24, 2.45) is 29.4 Å². The van der Waals surface area contributed by atoms with Gasteiger partial charge in [-0.1, -0.05) is 6.92 Å². The van der Waals surface area contributed by atoms with Crippen molar-refractivity contribution in [2.75, 3.05) is 51.5 Å². The SMILES string of the molecule is CCCN1CCC[C@H]1C(=O)Nc1cc(N(C)C)c2c(c1O)C(=O)C1C(=O)[C@]3(O)C(=O)C(C(N)=O)C(=O)[C@@H](N(C)C)[C@@H]3C[C@@H]1C2. The minimum absolute atomic E-state index is 0.0215. The molecule has 1 aromatic carbocycles. The van der Waals surface area contributed by atoms with Crippen molar-refractivity contribution >= 4 is 46.3 Å². The number of nitrogens with two attached hydrogens (primary N) is 1. The molecule has 1 aromatic rings. The molecule has 3 fully saturated rings. The van der Waals surface area contributed by atoms with Crippen LogP contribution in [0.4, 0.5) is 11.4 Å². The lowest BCUT2D eigenvalue weighted by Crippen LogP contribution is -2.74. The zero-order valence-electron chi connectivity index (χ0n) is 25.8. The van der Waals surface area contributed by atoms with Crippen molar-refractivity contribution in [1.29, 1.82) is 0 Å². The Morgan fingerprint density at radius 1 is 1.14 bits per heavy atom. The van der Waals surface area contributed by atoms with Gasteiger partial charge in [0.05, 0.1) is 29.3 Å². The second-order valence-electron chi connectivity index (χ2n) is 13.0. The summed E-state index contributed by atoms with van der Waals surface area (Å²) < 4.78 is 0. The number of aliphatic hydroxyl groups is 1. The lowest BCUT2D eigenvalue weighted by molar-refractivity contribution is -0.181. The van der Waals surface area contributed by atoms with E-state index in [4.69, 9.17) is 5.73 Å². The molecule has 0 spiro atoms. The smallest absolute Gasteiger partial charge is 0.241 e. The molecule has 5 rings (SSSR count). The molecule has 0 bridgehead atoms. The molecule has 5 N–H and O–H groups in total. The largest absolute Gasteiger partial charge is 0.505 e. The summed E-state index contributed by atoms with van der Waals surface area (Å²) in [6.45, 7) is 3.57. The zero-order valence-corrected chi connectivity index (χ0v) is 25.8. The number of Topliss-reactive ketones (excluding diaryl/α,β-unsaturated/α-hetero) is 4. The third kappa shape index (κ3) is 4.63. The number of carbonyl (C=O) groups is 6.